The van der Waals surface area contributed by atoms with Crippen LogP contribution in [0.15, 0.2) is 24.3 Å². The molecule has 0 heterocycles. The first kappa shape index (κ1) is 8.76. The van der Waals surface area contributed by atoms with E-state index < -0.39 is 5.97 Å². The highest BCUT2D eigenvalue weighted by molar-refractivity contribution is 6.09. The molecule has 0 aliphatic carbocycles. The Bertz CT molecular complexity index is 290. The first-order chi connectivity index (χ1) is 5.77. The van der Waals surface area contributed by atoms with Crippen LogP contribution in [0.3, 0.4) is 0 Å². The lowest BCUT2D eigenvalue weighted by atomic mass is 10.2. The fraction of sp³-hybridized carbons (Fsp3) is 0. The van der Waals surface area contributed by atoms with Crippen LogP contribution >= 0.6 is 0 Å². The lowest BCUT2D eigenvalue weighted by molar-refractivity contribution is 0.0749. The SMILES string of the molecule is NNc1cccc(C(=O)O[Si])c1. The second-order valence-electron chi connectivity index (χ2n) is 2.11. The molecule has 12 heavy (non-hydrogen) atoms. The largest absolute Gasteiger partial charge is 0.513 e. The zero-order valence-corrected chi connectivity index (χ0v) is 7.20. The molecule has 0 unspecified atom stereocenters. The molecule has 0 amide bonds. The first-order valence-corrected chi connectivity index (χ1v) is 3.63. The highest BCUT2D eigenvalue weighted by Crippen LogP contribution is 2.09. The van der Waals surface area contributed by atoms with Crippen molar-refractivity contribution < 1.29 is 9.22 Å². The highest BCUT2D eigenvalue weighted by Gasteiger charge is 2.03. The van der Waals surface area contributed by atoms with Gasteiger partial charge in [-0.05, 0) is 18.2 Å². The van der Waals surface area contributed by atoms with E-state index >= 15 is 0 Å². The van der Waals surface area contributed by atoms with Crippen LogP contribution in [0, 0.1) is 0 Å². The van der Waals surface area contributed by atoms with Gasteiger partial charge in [0, 0.05) is 5.69 Å². The van der Waals surface area contributed by atoms with Crippen LogP contribution in [0.5, 0.6) is 0 Å². The monoisotopic (exact) mass is 179 g/mol. The molecular formula is C7H7N2O2Si. The Morgan fingerprint density at radius 1 is 1.58 bits per heavy atom. The van der Waals surface area contributed by atoms with Crippen molar-refractivity contribution in [3.63, 3.8) is 0 Å². The number of benzene rings is 1. The number of hydrogen-bond acceptors (Lipinski definition) is 4. The van der Waals surface area contributed by atoms with Gasteiger partial charge in [0.25, 0.3) is 0 Å². The number of carbonyl (C=O) groups excluding carboxylic acids is 1. The summed E-state index contributed by atoms with van der Waals surface area (Å²) in [4.78, 5) is 10.9. The van der Waals surface area contributed by atoms with E-state index in [9.17, 15) is 4.79 Å². The van der Waals surface area contributed by atoms with Crippen LogP contribution < -0.4 is 11.3 Å². The number of hydrogen-bond donors (Lipinski definition) is 2. The second kappa shape index (κ2) is 3.89. The maximum Gasteiger partial charge on any atom is 0.345 e. The first-order valence-electron chi connectivity index (χ1n) is 3.22. The quantitative estimate of drug-likeness (QED) is 0.387. The number of nitrogens with two attached hydrogens (primary N) is 1. The molecule has 3 radical (unpaired) electrons. The van der Waals surface area contributed by atoms with E-state index in [1.165, 1.54) is 0 Å². The van der Waals surface area contributed by atoms with Gasteiger partial charge in [-0.1, -0.05) is 6.07 Å². The van der Waals surface area contributed by atoms with Gasteiger partial charge in [-0.2, -0.15) is 0 Å². The van der Waals surface area contributed by atoms with Crippen molar-refractivity contribution in [1.29, 1.82) is 0 Å². The standard InChI is InChI=1S/C7H7N2O2Si/c8-9-6-3-1-2-5(4-6)7(10)11-12/h1-4,9H,8H2. The number of nitrogens with one attached hydrogen (secondary N) is 1. The average Bonchev–Trinajstić information content (AvgIpc) is 2.17. The molecule has 0 aliphatic heterocycles. The van der Waals surface area contributed by atoms with Crippen molar-refractivity contribution in [3.05, 3.63) is 29.8 Å². The van der Waals surface area contributed by atoms with E-state index in [2.05, 4.69) is 20.3 Å². The van der Waals surface area contributed by atoms with Crippen molar-refractivity contribution in [2.75, 3.05) is 5.43 Å². The summed E-state index contributed by atoms with van der Waals surface area (Å²) in [6, 6.07) is 6.66. The van der Waals surface area contributed by atoms with Crippen LogP contribution in [0.25, 0.3) is 0 Å². The molecule has 1 rings (SSSR count). The van der Waals surface area contributed by atoms with E-state index in [0.29, 0.717) is 11.3 Å². The summed E-state index contributed by atoms with van der Waals surface area (Å²) in [5, 5.41) is 0. The minimum absolute atomic E-state index is 0.431. The van der Waals surface area contributed by atoms with Gasteiger partial charge in [0.1, 0.15) is 0 Å². The smallest absolute Gasteiger partial charge is 0.345 e. The van der Waals surface area contributed by atoms with E-state index in [-0.39, 0.29) is 0 Å². The lowest BCUT2D eigenvalue weighted by Gasteiger charge is -2.01. The minimum atomic E-state index is -0.455. The number of anilines is 1. The van der Waals surface area contributed by atoms with Crippen molar-refractivity contribution in [2.24, 2.45) is 5.84 Å². The van der Waals surface area contributed by atoms with Crippen LogP contribution in [-0.2, 0) is 4.43 Å². The lowest BCUT2D eigenvalue weighted by Crippen LogP contribution is -2.08. The molecular weight excluding hydrogens is 172 g/mol. The van der Waals surface area contributed by atoms with Crippen molar-refractivity contribution >= 4 is 22.1 Å². The van der Waals surface area contributed by atoms with Crippen molar-refractivity contribution in [1.82, 2.24) is 0 Å². The average molecular weight is 179 g/mol. The zero-order chi connectivity index (χ0) is 8.97. The number of hydrazine groups is 1. The van der Waals surface area contributed by atoms with Crippen molar-refractivity contribution in [3.8, 4) is 0 Å². The Labute approximate surface area is 73.2 Å². The summed E-state index contributed by atoms with van der Waals surface area (Å²) in [6.45, 7) is 0. The van der Waals surface area contributed by atoms with Gasteiger partial charge in [0.05, 0.1) is 5.56 Å². The van der Waals surface area contributed by atoms with Crippen molar-refractivity contribution in [2.45, 2.75) is 0 Å². The normalized spacial score (nSPS) is 9.17. The summed E-state index contributed by atoms with van der Waals surface area (Å²) in [5.41, 5.74) is 3.51. The minimum Gasteiger partial charge on any atom is -0.513 e. The van der Waals surface area contributed by atoms with E-state index in [4.69, 9.17) is 5.84 Å². The van der Waals surface area contributed by atoms with E-state index in [1.807, 2.05) is 0 Å². The van der Waals surface area contributed by atoms with Gasteiger partial charge in [-0.3, -0.25) is 5.84 Å². The number of rotatable bonds is 2. The highest BCUT2D eigenvalue weighted by atomic mass is 28.2. The second-order valence-corrected chi connectivity index (χ2v) is 2.32. The Hall–Kier alpha value is -1.33. The third kappa shape index (κ3) is 1.83. The maximum atomic E-state index is 10.9. The van der Waals surface area contributed by atoms with Gasteiger partial charge in [0.2, 0.25) is 0 Å². The predicted molar refractivity (Wildman–Crippen MR) is 45.4 cm³/mol. The summed E-state index contributed by atoms with van der Waals surface area (Å²) in [5.74, 6) is 4.69. The van der Waals surface area contributed by atoms with Crippen LogP contribution in [0.2, 0.25) is 0 Å². The molecule has 1 aromatic rings. The van der Waals surface area contributed by atoms with E-state index in [0.717, 1.165) is 0 Å². The third-order valence-electron chi connectivity index (χ3n) is 1.36. The fourth-order valence-electron chi connectivity index (χ4n) is 0.795. The Balaban J connectivity index is 2.93. The molecule has 4 nitrogen and oxygen atoms in total. The third-order valence-corrected chi connectivity index (χ3v) is 1.54. The molecule has 3 N–H and O–H groups in total. The fourth-order valence-corrected chi connectivity index (χ4v) is 0.913. The number of carbonyl (C=O) groups is 1. The molecule has 0 bridgehead atoms. The predicted octanol–water partition coefficient (Wildman–Crippen LogP) is 0.213. The molecule has 61 valence electrons. The summed E-state index contributed by atoms with van der Waals surface area (Å²) in [6.07, 6.45) is 0. The Morgan fingerprint density at radius 2 is 2.33 bits per heavy atom. The molecule has 0 aliphatic rings. The van der Waals surface area contributed by atoms with Crippen LogP contribution in [0.4, 0.5) is 5.69 Å². The zero-order valence-electron chi connectivity index (χ0n) is 6.20. The molecule has 1 aromatic carbocycles. The summed E-state index contributed by atoms with van der Waals surface area (Å²) in [7, 11) is 2.64. The van der Waals surface area contributed by atoms with Crippen LogP contribution in [-0.4, -0.2) is 16.5 Å². The summed E-state index contributed by atoms with van der Waals surface area (Å²) >= 11 is 0. The summed E-state index contributed by atoms with van der Waals surface area (Å²) < 4.78 is 4.33. The Morgan fingerprint density at radius 3 is 2.92 bits per heavy atom. The van der Waals surface area contributed by atoms with Gasteiger partial charge in [-0.25, -0.2) is 4.79 Å². The molecule has 0 saturated carbocycles. The topological polar surface area (TPSA) is 64.3 Å². The molecule has 5 heteroatoms. The Kier molecular flexibility index (Phi) is 2.84. The molecule has 0 saturated heterocycles. The van der Waals surface area contributed by atoms with E-state index in [1.54, 1.807) is 24.3 Å². The van der Waals surface area contributed by atoms with Crippen LogP contribution in [0.1, 0.15) is 10.4 Å². The molecule has 0 aromatic heterocycles. The van der Waals surface area contributed by atoms with Gasteiger partial charge in [-0.15, -0.1) is 0 Å². The molecule has 0 fully saturated rings. The number of nitrogen functional groups attached to an aromatic ring is 1. The molecule has 0 spiro atoms. The van der Waals surface area contributed by atoms with Gasteiger partial charge < -0.3 is 9.85 Å². The van der Waals surface area contributed by atoms with Gasteiger partial charge in [0.15, 0.2) is 0 Å². The van der Waals surface area contributed by atoms with Gasteiger partial charge >= 0.3 is 16.5 Å². The maximum absolute atomic E-state index is 10.9. The molecule has 0 atom stereocenters.